The highest BCUT2D eigenvalue weighted by Gasteiger charge is 2.25. The lowest BCUT2D eigenvalue weighted by atomic mass is 10.1. The van der Waals surface area contributed by atoms with Gasteiger partial charge in [-0.1, -0.05) is 6.07 Å². The molecule has 1 aromatic carbocycles. The molecule has 0 radical (unpaired) electrons. The number of amides is 2. The average molecular weight is 464 g/mol. The summed E-state index contributed by atoms with van der Waals surface area (Å²) in [5, 5.41) is 5.20. The SMILES string of the molecule is Cc1nccn1-c1ccc(C(=O)CNC(=O)C(Cc2ccccn2)NC(=O)OC(C)(C)C)cc1. The maximum atomic E-state index is 12.9. The second kappa shape index (κ2) is 10.7. The van der Waals surface area contributed by atoms with Gasteiger partial charge in [0, 0.05) is 42.0 Å². The van der Waals surface area contributed by atoms with Crippen LogP contribution in [0, 0.1) is 6.92 Å². The average Bonchev–Trinajstić information content (AvgIpc) is 3.22. The molecule has 2 N–H and O–H groups in total. The molecule has 2 aromatic heterocycles. The molecule has 9 nitrogen and oxygen atoms in total. The highest BCUT2D eigenvalue weighted by molar-refractivity contribution is 6.00. The molecule has 0 aliphatic rings. The minimum Gasteiger partial charge on any atom is -0.444 e. The number of carbonyl (C=O) groups is 3. The Kier molecular flexibility index (Phi) is 7.78. The fraction of sp³-hybridized carbons (Fsp3) is 0.320. The number of imidazole rings is 1. The first-order valence-electron chi connectivity index (χ1n) is 10.9. The number of carbonyl (C=O) groups excluding carboxylic acids is 3. The Morgan fingerprint density at radius 3 is 2.35 bits per heavy atom. The van der Waals surface area contributed by atoms with Gasteiger partial charge in [0.1, 0.15) is 17.5 Å². The number of ketones is 1. The van der Waals surface area contributed by atoms with Crippen molar-refractivity contribution in [3.05, 3.63) is 78.1 Å². The lowest BCUT2D eigenvalue weighted by Crippen LogP contribution is -2.50. The number of nitrogens with one attached hydrogen (secondary N) is 2. The van der Waals surface area contributed by atoms with Gasteiger partial charge in [0.05, 0.1) is 6.54 Å². The largest absolute Gasteiger partial charge is 0.444 e. The molecule has 0 bridgehead atoms. The molecule has 2 heterocycles. The van der Waals surface area contributed by atoms with Gasteiger partial charge in [0.25, 0.3) is 0 Å². The summed E-state index contributed by atoms with van der Waals surface area (Å²) in [5.41, 5.74) is 1.25. The molecule has 0 aliphatic heterocycles. The van der Waals surface area contributed by atoms with Crippen molar-refractivity contribution in [1.82, 2.24) is 25.2 Å². The number of hydrogen-bond acceptors (Lipinski definition) is 6. The molecule has 1 unspecified atom stereocenters. The summed E-state index contributed by atoms with van der Waals surface area (Å²) in [6.07, 6.45) is 4.58. The molecule has 0 spiro atoms. The van der Waals surface area contributed by atoms with E-state index in [0.29, 0.717) is 11.3 Å². The van der Waals surface area contributed by atoms with Crippen LogP contribution in [0.25, 0.3) is 5.69 Å². The van der Waals surface area contributed by atoms with Gasteiger partial charge in [-0.05, 0) is 64.1 Å². The smallest absolute Gasteiger partial charge is 0.408 e. The van der Waals surface area contributed by atoms with E-state index in [1.165, 1.54) is 0 Å². The van der Waals surface area contributed by atoms with Gasteiger partial charge in [-0.2, -0.15) is 0 Å². The van der Waals surface area contributed by atoms with Gasteiger partial charge in [-0.25, -0.2) is 9.78 Å². The number of benzene rings is 1. The van der Waals surface area contributed by atoms with E-state index in [1.807, 2.05) is 29.8 Å². The van der Waals surface area contributed by atoms with Gasteiger partial charge in [0.15, 0.2) is 5.78 Å². The summed E-state index contributed by atoms with van der Waals surface area (Å²) >= 11 is 0. The Morgan fingerprint density at radius 1 is 1.03 bits per heavy atom. The van der Waals surface area contributed by atoms with Gasteiger partial charge in [-0.3, -0.25) is 14.6 Å². The molecule has 9 heteroatoms. The Bertz CT molecular complexity index is 1130. The number of Topliss-reactive ketones (excluding diaryl/α,β-unsaturated/α-hetero) is 1. The minimum atomic E-state index is -0.954. The van der Waals surface area contributed by atoms with Crippen LogP contribution >= 0.6 is 0 Å². The number of alkyl carbamates (subject to hydrolysis) is 1. The molecule has 178 valence electrons. The zero-order valence-electron chi connectivity index (χ0n) is 19.7. The van der Waals surface area contributed by atoms with Gasteiger partial charge in [0.2, 0.25) is 5.91 Å². The van der Waals surface area contributed by atoms with Crippen molar-refractivity contribution in [2.75, 3.05) is 6.54 Å². The van der Waals surface area contributed by atoms with Crippen molar-refractivity contribution in [2.45, 2.75) is 45.8 Å². The zero-order valence-corrected chi connectivity index (χ0v) is 19.7. The molecular formula is C25H29N5O4. The van der Waals surface area contributed by atoms with Crippen molar-refractivity contribution < 1.29 is 19.1 Å². The van der Waals surface area contributed by atoms with Crippen LogP contribution in [-0.2, 0) is 16.0 Å². The predicted molar refractivity (Wildman–Crippen MR) is 127 cm³/mol. The summed E-state index contributed by atoms with van der Waals surface area (Å²) in [7, 11) is 0. The topological polar surface area (TPSA) is 115 Å². The van der Waals surface area contributed by atoms with Crippen molar-refractivity contribution >= 4 is 17.8 Å². The third-order valence-electron chi connectivity index (χ3n) is 4.86. The van der Waals surface area contributed by atoms with Gasteiger partial charge in [-0.15, -0.1) is 0 Å². The van der Waals surface area contributed by atoms with E-state index in [2.05, 4.69) is 20.6 Å². The summed E-state index contributed by atoms with van der Waals surface area (Å²) in [4.78, 5) is 46.2. The number of ether oxygens (including phenoxy) is 1. The highest BCUT2D eigenvalue weighted by Crippen LogP contribution is 2.12. The van der Waals surface area contributed by atoms with E-state index in [-0.39, 0.29) is 18.7 Å². The summed E-state index contributed by atoms with van der Waals surface area (Å²) < 4.78 is 7.18. The number of nitrogens with zero attached hydrogens (tertiary/aromatic N) is 3. The summed E-state index contributed by atoms with van der Waals surface area (Å²) in [5.74, 6) is 0.0782. The van der Waals surface area contributed by atoms with E-state index in [0.717, 1.165) is 11.5 Å². The molecule has 0 fully saturated rings. The third kappa shape index (κ3) is 6.99. The molecular weight excluding hydrogens is 434 g/mol. The van der Waals surface area contributed by atoms with Crippen LogP contribution in [0.3, 0.4) is 0 Å². The Labute approximate surface area is 198 Å². The monoisotopic (exact) mass is 463 g/mol. The van der Waals surface area contributed by atoms with E-state index >= 15 is 0 Å². The maximum Gasteiger partial charge on any atom is 0.408 e. The zero-order chi connectivity index (χ0) is 24.7. The van der Waals surface area contributed by atoms with Crippen LogP contribution in [0.2, 0.25) is 0 Å². The molecule has 2 amide bonds. The van der Waals surface area contributed by atoms with E-state index in [9.17, 15) is 14.4 Å². The number of aryl methyl sites for hydroxylation is 1. The van der Waals surface area contributed by atoms with Crippen LogP contribution < -0.4 is 10.6 Å². The number of pyridine rings is 1. The number of hydrogen-bond donors (Lipinski definition) is 2. The normalized spacial score (nSPS) is 12.0. The Morgan fingerprint density at radius 2 is 1.76 bits per heavy atom. The lowest BCUT2D eigenvalue weighted by Gasteiger charge is -2.23. The molecule has 0 aliphatic carbocycles. The van der Waals surface area contributed by atoms with Gasteiger partial charge < -0.3 is 19.9 Å². The van der Waals surface area contributed by atoms with Crippen LogP contribution in [0.15, 0.2) is 61.1 Å². The first kappa shape index (κ1) is 24.6. The molecule has 0 saturated carbocycles. The standard InChI is InChI=1S/C25H29N5O4/c1-17-26-13-14-30(17)20-10-8-18(9-11-20)22(31)16-28-23(32)21(15-19-7-5-6-12-27-19)29-24(33)34-25(2,3)4/h5-14,21H,15-16H2,1-4H3,(H,28,32)(H,29,33). The third-order valence-corrected chi connectivity index (χ3v) is 4.86. The fourth-order valence-electron chi connectivity index (χ4n) is 3.24. The first-order valence-corrected chi connectivity index (χ1v) is 10.9. The highest BCUT2D eigenvalue weighted by atomic mass is 16.6. The molecule has 3 aromatic rings. The summed E-state index contributed by atoms with van der Waals surface area (Å²) in [6, 6.07) is 11.4. The maximum absolute atomic E-state index is 12.9. The minimum absolute atomic E-state index is 0.152. The quantitative estimate of drug-likeness (QED) is 0.496. The van der Waals surface area contributed by atoms with Crippen molar-refractivity contribution in [1.29, 1.82) is 0 Å². The van der Waals surface area contributed by atoms with E-state index in [4.69, 9.17) is 4.74 Å². The molecule has 0 saturated heterocycles. The second-order valence-electron chi connectivity index (χ2n) is 8.76. The number of aromatic nitrogens is 3. The van der Waals surface area contributed by atoms with Crippen LogP contribution in [0.5, 0.6) is 0 Å². The van der Waals surface area contributed by atoms with E-state index < -0.39 is 23.6 Å². The first-order chi connectivity index (χ1) is 16.1. The van der Waals surface area contributed by atoms with Crippen molar-refractivity contribution in [3.63, 3.8) is 0 Å². The lowest BCUT2D eigenvalue weighted by molar-refractivity contribution is -0.123. The van der Waals surface area contributed by atoms with Gasteiger partial charge >= 0.3 is 6.09 Å². The van der Waals surface area contributed by atoms with Crippen LogP contribution in [0.1, 0.15) is 42.6 Å². The second-order valence-corrected chi connectivity index (χ2v) is 8.76. The van der Waals surface area contributed by atoms with Crippen LogP contribution in [-0.4, -0.2) is 50.5 Å². The number of rotatable bonds is 8. The van der Waals surface area contributed by atoms with Crippen LogP contribution in [0.4, 0.5) is 4.79 Å². The molecule has 3 rings (SSSR count). The van der Waals surface area contributed by atoms with Crippen molar-refractivity contribution in [2.24, 2.45) is 0 Å². The van der Waals surface area contributed by atoms with Crippen molar-refractivity contribution in [3.8, 4) is 5.69 Å². The predicted octanol–water partition coefficient (Wildman–Crippen LogP) is 3.01. The Hall–Kier alpha value is -4.01. The molecule has 1 atom stereocenters. The fourth-order valence-corrected chi connectivity index (χ4v) is 3.24. The van der Waals surface area contributed by atoms with E-state index in [1.54, 1.807) is 63.5 Å². The summed E-state index contributed by atoms with van der Waals surface area (Å²) in [6.45, 7) is 6.88. The molecule has 34 heavy (non-hydrogen) atoms. The Balaban J connectivity index is 1.63.